The number of hydrogen-bond acceptors (Lipinski definition) is 3. The third-order valence-electron chi connectivity index (χ3n) is 4.98. The van der Waals surface area contributed by atoms with Crippen LogP contribution in [0.4, 0.5) is 13.2 Å². The number of carbonyl (C=O) groups is 1. The Morgan fingerprint density at radius 2 is 2.00 bits per heavy atom. The molecular weight excluding hydrogens is 369 g/mol. The van der Waals surface area contributed by atoms with Gasteiger partial charge in [0.05, 0.1) is 28.7 Å². The van der Waals surface area contributed by atoms with Gasteiger partial charge in [0.2, 0.25) is 0 Å². The fourth-order valence-corrected chi connectivity index (χ4v) is 3.28. The maximum Gasteiger partial charge on any atom is 0.416 e. The molecule has 3 rings (SSSR count). The molecule has 0 radical (unpaired) electrons. The third-order valence-corrected chi connectivity index (χ3v) is 4.98. The first kappa shape index (κ1) is 20.4. The lowest BCUT2D eigenvalue weighted by Crippen LogP contribution is -2.40. The van der Waals surface area contributed by atoms with Crippen LogP contribution in [0.25, 0.3) is 5.69 Å². The van der Waals surface area contributed by atoms with Crippen molar-refractivity contribution in [3.63, 3.8) is 0 Å². The van der Waals surface area contributed by atoms with Crippen LogP contribution in [0.15, 0.2) is 30.5 Å². The molecule has 1 heterocycles. The van der Waals surface area contributed by atoms with Crippen LogP contribution in [-0.4, -0.2) is 40.7 Å². The highest BCUT2D eigenvalue weighted by molar-refractivity contribution is 5.95. The molecule has 152 valence electrons. The number of benzene rings is 1. The topological polar surface area (TPSA) is 64.2 Å². The van der Waals surface area contributed by atoms with Crippen molar-refractivity contribution < 1.29 is 18.0 Å². The summed E-state index contributed by atoms with van der Waals surface area (Å²) in [5.74, 6) is -0.0615. The molecule has 1 aliphatic carbocycles. The van der Waals surface area contributed by atoms with Gasteiger partial charge in [0.25, 0.3) is 5.91 Å². The van der Waals surface area contributed by atoms with Crippen LogP contribution in [0.1, 0.15) is 54.2 Å². The average molecular weight is 394 g/mol. The van der Waals surface area contributed by atoms with E-state index in [1.54, 1.807) is 18.0 Å². The average Bonchev–Trinajstić information content (AvgIpc) is 3.38. The Labute approximate surface area is 162 Å². The van der Waals surface area contributed by atoms with E-state index in [2.05, 4.69) is 5.10 Å². The SMILES string of the molecule is CN(CC(C)(C)CN)C(=O)c1cnn(-c2cccc(C(F)(F)F)c2)c1C1CC1. The lowest BCUT2D eigenvalue weighted by atomic mass is 9.93. The Morgan fingerprint density at radius 1 is 1.32 bits per heavy atom. The van der Waals surface area contributed by atoms with Crippen molar-refractivity contribution in [2.24, 2.45) is 11.1 Å². The number of carbonyl (C=O) groups excluding carboxylic acids is 1. The number of nitrogens with zero attached hydrogens (tertiary/aromatic N) is 3. The van der Waals surface area contributed by atoms with Crippen molar-refractivity contribution in [1.29, 1.82) is 0 Å². The van der Waals surface area contributed by atoms with Crippen LogP contribution in [0.3, 0.4) is 0 Å². The third kappa shape index (κ3) is 4.22. The summed E-state index contributed by atoms with van der Waals surface area (Å²) in [6.45, 7) is 4.86. The zero-order valence-corrected chi connectivity index (χ0v) is 16.3. The second-order valence-corrected chi connectivity index (χ2v) is 8.21. The van der Waals surface area contributed by atoms with E-state index in [4.69, 9.17) is 5.73 Å². The fourth-order valence-electron chi connectivity index (χ4n) is 3.28. The molecule has 1 aromatic heterocycles. The van der Waals surface area contributed by atoms with Gasteiger partial charge in [-0.2, -0.15) is 18.3 Å². The Hall–Kier alpha value is -2.35. The lowest BCUT2D eigenvalue weighted by Gasteiger charge is -2.29. The van der Waals surface area contributed by atoms with Gasteiger partial charge in [-0.25, -0.2) is 4.68 Å². The highest BCUT2D eigenvalue weighted by atomic mass is 19.4. The second-order valence-electron chi connectivity index (χ2n) is 8.21. The van der Waals surface area contributed by atoms with E-state index >= 15 is 0 Å². The van der Waals surface area contributed by atoms with Gasteiger partial charge < -0.3 is 10.6 Å². The van der Waals surface area contributed by atoms with Crippen molar-refractivity contribution in [3.8, 4) is 5.69 Å². The van der Waals surface area contributed by atoms with Gasteiger partial charge in [-0.3, -0.25) is 4.79 Å². The van der Waals surface area contributed by atoms with Crippen LogP contribution in [0.5, 0.6) is 0 Å². The maximum atomic E-state index is 13.1. The standard InChI is InChI=1S/C20H25F3N4O/c1-19(2,11-24)12-26(3)18(28)16-10-25-27(17(16)13-7-8-13)15-6-4-5-14(9-15)20(21,22)23/h4-6,9-10,13H,7-8,11-12,24H2,1-3H3. The minimum absolute atomic E-state index is 0.131. The molecule has 2 N–H and O–H groups in total. The van der Waals surface area contributed by atoms with Gasteiger partial charge >= 0.3 is 6.18 Å². The Bertz CT molecular complexity index is 869. The molecule has 0 spiro atoms. The molecule has 0 unspecified atom stereocenters. The summed E-state index contributed by atoms with van der Waals surface area (Å²) in [4.78, 5) is 14.6. The van der Waals surface area contributed by atoms with E-state index < -0.39 is 11.7 Å². The van der Waals surface area contributed by atoms with Gasteiger partial charge in [-0.1, -0.05) is 19.9 Å². The molecule has 0 bridgehead atoms. The molecule has 2 aromatic rings. The fraction of sp³-hybridized carbons (Fsp3) is 0.500. The first-order valence-electron chi connectivity index (χ1n) is 9.24. The van der Waals surface area contributed by atoms with E-state index in [9.17, 15) is 18.0 Å². The summed E-state index contributed by atoms with van der Waals surface area (Å²) in [5.41, 5.74) is 6.22. The summed E-state index contributed by atoms with van der Waals surface area (Å²) >= 11 is 0. The number of hydrogen-bond donors (Lipinski definition) is 1. The number of alkyl halides is 3. The first-order valence-corrected chi connectivity index (χ1v) is 9.24. The number of aromatic nitrogens is 2. The van der Waals surface area contributed by atoms with Gasteiger partial charge in [-0.05, 0) is 43.0 Å². The van der Waals surface area contributed by atoms with E-state index in [-0.39, 0.29) is 17.2 Å². The molecule has 0 aliphatic heterocycles. The summed E-state index contributed by atoms with van der Waals surface area (Å²) < 4.78 is 40.7. The molecule has 1 aliphatic rings. The van der Waals surface area contributed by atoms with E-state index in [1.165, 1.54) is 16.9 Å². The normalized spacial score (nSPS) is 15.0. The van der Waals surface area contributed by atoms with E-state index in [1.807, 2.05) is 13.8 Å². The smallest absolute Gasteiger partial charge is 0.341 e. The molecule has 8 heteroatoms. The minimum Gasteiger partial charge on any atom is -0.341 e. The van der Waals surface area contributed by atoms with Crippen LogP contribution >= 0.6 is 0 Å². The highest BCUT2D eigenvalue weighted by Crippen LogP contribution is 2.43. The Balaban J connectivity index is 1.97. The van der Waals surface area contributed by atoms with Crippen LogP contribution < -0.4 is 5.73 Å². The van der Waals surface area contributed by atoms with Gasteiger partial charge in [0.1, 0.15) is 0 Å². The second kappa shape index (κ2) is 7.24. The number of nitrogens with two attached hydrogens (primary N) is 1. The largest absolute Gasteiger partial charge is 0.416 e. The first-order chi connectivity index (χ1) is 13.0. The summed E-state index contributed by atoms with van der Waals surface area (Å²) in [7, 11) is 1.71. The van der Waals surface area contributed by atoms with Gasteiger partial charge in [-0.15, -0.1) is 0 Å². The molecule has 0 atom stereocenters. The number of rotatable bonds is 6. The quantitative estimate of drug-likeness (QED) is 0.810. The van der Waals surface area contributed by atoms with Crippen molar-refractivity contribution >= 4 is 5.91 Å². The predicted molar refractivity (Wildman–Crippen MR) is 100 cm³/mol. The molecule has 5 nitrogen and oxygen atoms in total. The summed E-state index contributed by atoms with van der Waals surface area (Å²) in [6.07, 6.45) is -1.19. The lowest BCUT2D eigenvalue weighted by molar-refractivity contribution is -0.137. The zero-order chi connectivity index (χ0) is 20.7. The highest BCUT2D eigenvalue weighted by Gasteiger charge is 2.35. The molecule has 1 saturated carbocycles. The van der Waals surface area contributed by atoms with E-state index in [0.717, 1.165) is 25.0 Å². The van der Waals surface area contributed by atoms with Crippen LogP contribution in [-0.2, 0) is 6.18 Å². The van der Waals surface area contributed by atoms with Crippen molar-refractivity contribution in [2.45, 2.75) is 38.8 Å². The Morgan fingerprint density at radius 3 is 2.57 bits per heavy atom. The van der Waals surface area contributed by atoms with Crippen molar-refractivity contribution in [2.75, 3.05) is 20.1 Å². The minimum atomic E-state index is -4.43. The maximum absolute atomic E-state index is 13.1. The van der Waals surface area contributed by atoms with E-state index in [0.29, 0.717) is 30.0 Å². The molecule has 1 amide bonds. The molecule has 28 heavy (non-hydrogen) atoms. The molecular formula is C20H25F3N4O. The Kier molecular flexibility index (Phi) is 5.27. The molecule has 1 fully saturated rings. The van der Waals surface area contributed by atoms with Crippen LogP contribution in [0.2, 0.25) is 0 Å². The summed E-state index contributed by atoms with van der Waals surface area (Å²) in [6, 6.07) is 5.02. The van der Waals surface area contributed by atoms with Gasteiger partial charge in [0, 0.05) is 19.5 Å². The monoisotopic (exact) mass is 394 g/mol. The number of halogens is 3. The van der Waals surface area contributed by atoms with Crippen molar-refractivity contribution in [3.05, 3.63) is 47.3 Å². The predicted octanol–water partition coefficient (Wildman–Crippen LogP) is 3.83. The molecule has 0 saturated heterocycles. The summed E-state index contributed by atoms with van der Waals surface area (Å²) in [5, 5.41) is 4.27. The molecule has 1 aromatic carbocycles. The zero-order valence-electron chi connectivity index (χ0n) is 16.3. The number of amides is 1. The van der Waals surface area contributed by atoms with Crippen molar-refractivity contribution in [1.82, 2.24) is 14.7 Å². The van der Waals surface area contributed by atoms with Gasteiger partial charge in [0.15, 0.2) is 0 Å². The van der Waals surface area contributed by atoms with Crippen LogP contribution in [0, 0.1) is 5.41 Å².